The number of thioether (sulfide) groups is 1. The van der Waals surface area contributed by atoms with Gasteiger partial charge in [-0.2, -0.15) is 11.8 Å². The summed E-state index contributed by atoms with van der Waals surface area (Å²) >= 11 is 1.71. The lowest BCUT2D eigenvalue weighted by atomic mass is 10.3. The Morgan fingerprint density at radius 1 is 1.45 bits per heavy atom. The van der Waals surface area contributed by atoms with Crippen LogP contribution in [0.5, 0.6) is 5.75 Å². The summed E-state index contributed by atoms with van der Waals surface area (Å²) in [5.41, 5.74) is 6.06. The van der Waals surface area contributed by atoms with Gasteiger partial charge in [-0.1, -0.05) is 6.92 Å². The third kappa shape index (κ3) is 4.88. The second-order valence-corrected chi connectivity index (χ2v) is 7.38. The van der Waals surface area contributed by atoms with Crippen LogP contribution in [0.3, 0.4) is 0 Å². The van der Waals surface area contributed by atoms with E-state index in [4.69, 9.17) is 10.5 Å². The number of anilines is 1. The molecule has 0 aliphatic heterocycles. The molecule has 5 nitrogen and oxygen atoms in total. The van der Waals surface area contributed by atoms with E-state index in [2.05, 4.69) is 11.6 Å². The number of ether oxygens (including phenoxy) is 1. The van der Waals surface area contributed by atoms with E-state index in [1.165, 1.54) is 6.07 Å². The molecule has 0 bridgehead atoms. The van der Waals surface area contributed by atoms with Crippen molar-refractivity contribution in [1.29, 1.82) is 0 Å². The summed E-state index contributed by atoms with van der Waals surface area (Å²) in [4.78, 5) is 0.0937. The van der Waals surface area contributed by atoms with Gasteiger partial charge in [-0.25, -0.2) is 13.1 Å². The van der Waals surface area contributed by atoms with Crippen LogP contribution >= 0.6 is 11.8 Å². The van der Waals surface area contributed by atoms with Gasteiger partial charge in [0.2, 0.25) is 10.0 Å². The molecular weight excluding hydrogens is 296 g/mol. The molecule has 0 saturated heterocycles. The molecule has 1 rings (SSSR count). The molecule has 20 heavy (non-hydrogen) atoms. The maximum Gasteiger partial charge on any atom is 0.244 e. The largest absolute Gasteiger partial charge is 0.492 e. The number of nitrogen functional groups attached to an aromatic ring is 1. The zero-order valence-electron chi connectivity index (χ0n) is 12.0. The summed E-state index contributed by atoms with van der Waals surface area (Å²) in [5, 5.41) is 0.407. The summed E-state index contributed by atoms with van der Waals surface area (Å²) in [6.45, 7) is 4.66. The number of benzene rings is 1. The van der Waals surface area contributed by atoms with E-state index in [0.29, 0.717) is 29.8 Å². The standard InChI is InChI=1S/C13H22N2O3S2/c1-4-18-12-6-5-11(14)9-13(12)20(16,17)15-8-7-10(2)19-3/h5-6,9-10,15H,4,7-8,14H2,1-3H3. The molecule has 1 aromatic carbocycles. The lowest BCUT2D eigenvalue weighted by Crippen LogP contribution is -2.27. The van der Waals surface area contributed by atoms with Crippen LogP contribution in [-0.4, -0.2) is 33.1 Å². The predicted octanol–water partition coefficient (Wildman–Crippen LogP) is 2.09. The highest BCUT2D eigenvalue weighted by molar-refractivity contribution is 7.99. The summed E-state index contributed by atoms with van der Waals surface area (Å²) in [6, 6.07) is 4.63. The van der Waals surface area contributed by atoms with Crippen LogP contribution in [0.15, 0.2) is 23.1 Å². The summed E-state index contributed by atoms with van der Waals surface area (Å²) < 4.78 is 32.5. The quantitative estimate of drug-likeness (QED) is 0.717. The molecule has 7 heteroatoms. The van der Waals surface area contributed by atoms with E-state index in [1.54, 1.807) is 30.8 Å². The Labute approximate surface area is 125 Å². The van der Waals surface area contributed by atoms with Gasteiger partial charge >= 0.3 is 0 Å². The Balaban J connectivity index is 2.88. The van der Waals surface area contributed by atoms with Crippen molar-refractivity contribution in [1.82, 2.24) is 4.72 Å². The van der Waals surface area contributed by atoms with Gasteiger partial charge in [-0.3, -0.25) is 0 Å². The van der Waals surface area contributed by atoms with Crippen molar-refractivity contribution in [2.45, 2.75) is 30.4 Å². The fourth-order valence-corrected chi connectivity index (χ4v) is 3.18. The van der Waals surface area contributed by atoms with Gasteiger partial charge in [0.15, 0.2) is 0 Å². The fourth-order valence-electron chi connectivity index (χ4n) is 1.60. The molecule has 0 aliphatic rings. The van der Waals surface area contributed by atoms with Crippen LogP contribution in [-0.2, 0) is 10.0 Å². The van der Waals surface area contributed by atoms with Crippen molar-refractivity contribution >= 4 is 27.5 Å². The highest BCUT2D eigenvalue weighted by Gasteiger charge is 2.19. The Hall–Kier alpha value is -0.920. The molecular formula is C13H22N2O3S2. The number of sulfonamides is 1. The van der Waals surface area contributed by atoms with Gasteiger partial charge in [0, 0.05) is 17.5 Å². The molecule has 0 spiro atoms. The minimum atomic E-state index is -3.60. The van der Waals surface area contributed by atoms with Gasteiger partial charge in [0.05, 0.1) is 6.61 Å². The molecule has 3 N–H and O–H groups in total. The highest BCUT2D eigenvalue weighted by atomic mass is 32.2. The lowest BCUT2D eigenvalue weighted by Gasteiger charge is -2.13. The van der Waals surface area contributed by atoms with Crippen LogP contribution in [0.1, 0.15) is 20.3 Å². The molecule has 114 valence electrons. The first-order valence-electron chi connectivity index (χ1n) is 6.45. The number of rotatable bonds is 8. The minimum Gasteiger partial charge on any atom is -0.492 e. The van der Waals surface area contributed by atoms with E-state index in [9.17, 15) is 8.42 Å². The Bertz CT molecular complexity index is 532. The molecule has 0 saturated carbocycles. The molecule has 1 atom stereocenters. The number of hydrogen-bond donors (Lipinski definition) is 2. The minimum absolute atomic E-state index is 0.0937. The van der Waals surface area contributed by atoms with Crippen molar-refractivity contribution in [2.75, 3.05) is 25.1 Å². The van der Waals surface area contributed by atoms with Crippen LogP contribution < -0.4 is 15.2 Å². The zero-order valence-corrected chi connectivity index (χ0v) is 13.7. The van der Waals surface area contributed by atoms with E-state index in [0.717, 1.165) is 6.42 Å². The van der Waals surface area contributed by atoms with E-state index in [1.807, 2.05) is 6.26 Å². The van der Waals surface area contributed by atoms with Crippen molar-refractivity contribution in [3.8, 4) is 5.75 Å². The Kier molecular flexibility index (Phi) is 6.64. The Morgan fingerprint density at radius 2 is 2.15 bits per heavy atom. The topological polar surface area (TPSA) is 81.4 Å². The Morgan fingerprint density at radius 3 is 2.75 bits per heavy atom. The molecule has 0 amide bonds. The first kappa shape index (κ1) is 17.1. The number of nitrogens with one attached hydrogen (secondary N) is 1. The maximum absolute atomic E-state index is 12.3. The first-order chi connectivity index (χ1) is 9.40. The normalized spacial score (nSPS) is 13.2. The molecule has 0 heterocycles. The van der Waals surface area contributed by atoms with Crippen molar-refractivity contribution in [3.05, 3.63) is 18.2 Å². The van der Waals surface area contributed by atoms with E-state index >= 15 is 0 Å². The number of hydrogen-bond acceptors (Lipinski definition) is 5. The SMILES string of the molecule is CCOc1ccc(N)cc1S(=O)(=O)NCCC(C)SC. The maximum atomic E-state index is 12.3. The van der Waals surface area contributed by atoms with Crippen molar-refractivity contribution < 1.29 is 13.2 Å². The van der Waals surface area contributed by atoms with Gasteiger partial charge < -0.3 is 10.5 Å². The first-order valence-corrected chi connectivity index (χ1v) is 9.22. The van der Waals surface area contributed by atoms with Crippen LogP contribution in [0, 0.1) is 0 Å². The average molecular weight is 318 g/mol. The van der Waals surface area contributed by atoms with Gasteiger partial charge in [-0.15, -0.1) is 0 Å². The predicted molar refractivity (Wildman–Crippen MR) is 84.8 cm³/mol. The highest BCUT2D eigenvalue weighted by Crippen LogP contribution is 2.26. The second kappa shape index (κ2) is 7.75. The van der Waals surface area contributed by atoms with Crippen molar-refractivity contribution in [3.63, 3.8) is 0 Å². The summed E-state index contributed by atoms with van der Waals surface area (Å²) in [7, 11) is -3.60. The van der Waals surface area contributed by atoms with Gasteiger partial charge in [0.25, 0.3) is 0 Å². The number of nitrogens with two attached hydrogens (primary N) is 1. The molecule has 0 aliphatic carbocycles. The van der Waals surface area contributed by atoms with E-state index in [-0.39, 0.29) is 4.90 Å². The molecule has 1 unspecified atom stereocenters. The molecule has 0 radical (unpaired) electrons. The third-order valence-corrected chi connectivity index (χ3v) is 5.33. The van der Waals surface area contributed by atoms with Crippen LogP contribution in [0.2, 0.25) is 0 Å². The third-order valence-electron chi connectivity index (χ3n) is 2.80. The lowest BCUT2D eigenvalue weighted by molar-refractivity contribution is 0.331. The smallest absolute Gasteiger partial charge is 0.244 e. The summed E-state index contributed by atoms with van der Waals surface area (Å²) in [5.74, 6) is 0.326. The molecule has 0 fully saturated rings. The van der Waals surface area contributed by atoms with Gasteiger partial charge in [-0.05, 0) is 37.8 Å². The summed E-state index contributed by atoms with van der Waals surface area (Å²) in [6.07, 6.45) is 2.77. The van der Waals surface area contributed by atoms with Crippen LogP contribution in [0.25, 0.3) is 0 Å². The van der Waals surface area contributed by atoms with Crippen molar-refractivity contribution in [2.24, 2.45) is 0 Å². The molecule has 0 aromatic heterocycles. The fraction of sp³-hybridized carbons (Fsp3) is 0.538. The van der Waals surface area contributed by atoms with Crippen LogP contribution in [0.4, 0.5) is 5.69 Å². The average Bonchev–Trinajstić information content (AvgIpc) is 2.40. The zero-order chi connectivity index (χ0) is 15.2. The monoisotopic (exact) mass is 318 g/mol. The second-order valence-electron chi connectivity index (χ2n) is 4.37. The van der Waals surface area contributed by atoms with E-state index < -0.39 is 10.0 Å². The molecule has 1 aromatic rings. The van der Waals surface area contributed by atoms with Gasteiger partial charge in [0.1, 0.15) is 10.6 Å².